The second-order valence-electron chi connectivity index (χ2n) is 7.35. The van der Waals surface area contributed by atoms with Crippen molar-refractivity contribution in [2.24, 2.45) is 4.99 Å². The van der Waals surface area contributed by atoms with E-state index in [-0.39, 0.29) is 16.9 Å². The van der Waals surface area contributed by atoms with Gasteiger partial charge in [0.05, 0.1) is 18.5 Å². The fourth-order valence-corrected chi connectivity index (χ4v) is 3.50. The first-order valence-corrected chi connectivity index (χ1v) is 11.8. The summed E-state index contributed by atoms with van der Waals surface area (Å²) < 4.78 is 26.4. The summed E-state index contributed by atoms with van der Waals surface area (Å²) in [5.74, 6) is 0.531. The highest BCUT2D eigenvalue weighted by atomic mass is 32.1. The van der Waals surface area contributed by atoms with Gasteiger partial charge < -0.3 is 9.16 Å². The lowest BCUT2D eigenvalue weighted by atomic mass is 10.2. The summed E-state index contributed by atoms with van der Waals surface area (Å²) in [6.45, 7) is 11.7. The van der Waals surface area contributed by atoms with Crippen LogP contribution in [0.4, 0.5) is 10.2 Å². The number of methoxy groups -OCH3 is 1. The monoisotopic (exact) mass is 383 g/mol. The normalized spacial score (nSPS) is 13.5. The van der Waals surface area contributed by atoms with Crippen molar-refractivity contribution in [3.05, 3.63) is 40.0 Å². The molecule has 8 heteroatoms. The average molecular weight is 384 g/mol. The summed E-state index contributed by atoms with van der Waals surface area (Å²) in [6.07, 6.45) is 1.37. The highest BCUT2D eigenvalue weighted by molar-refractivity contribution is 7.07. The van der Waals surface area contributed by atoms with Gasteiger partial charge in [0, 0.05) is 7.11 Å². The first-order chi connectivity index (χ1) is 11.6. The number of nitrogens with zero attached hydrogens (tertiary/aromatic N) is 3. The fourth-order valence-electron chi connectivity index (χ4n) is 1.85. The Morgan fingerprint density at radius 1 is 1.32 bits per heavy atom. The third kappa shape index (κ3) is 5.31. The van der Waals surface area contributed by atoms with Crippen LogP contribution in [0.15, 0.2) is 29.4 Å². The molecule has 0 radical (unpaired) electrons. The number of rotatable bonds is 6. The van der Waals surface area contributed by atoms with Crippen molar-refractivity contribution in [2.75, 3.05) is 7.11 Å². The van der Waals surface area contributed by atoms with Crippen LogP contribution in [0.5, 0.6) is 0 Å². The van der Waals surface area contributed by atoms with Crippen LogP contribution >= 0.6 is 11.3 Å². The lowest BCUT2D eigenvalue weighted by Gasteiger charge is -2.36. The molecular weight excluding hydrogens is 357 g/mol. The van der Waals surface area contributed by atoms with Gasteiger partial charge in [-0.15, -0.1) is 0 Å². The number of hydrogen-bond acceptors (Lipinski definition) is 5. The lowest BCUT2D eigenvalue weighted by molar-refractivity contribution is 0.128. The van der Waals surface area contributed by atoms with E-state index in [1.54, 1.807) is 17.7 Å². The summed E-state index contributed by atoms with van der Waals surface area (Å²) in [5, 5.41) is -0.164. The largest absolute Gasteiger partial charge is 0.411 e. The van der Waals surface area contributed by atoms with Crippen LogP contribution in [0.25, 0.3) is 0 Å². The Balaban J connectivity index is 2.21. The summed E-state index contributed by atoms with van der Waals surface area (Å²) in [6, 6.07) is 5.61. The van der Waals surface area contributed by atoms with Crippen LogP contribution in [0.1, 0.15) is 26.5 Å². The predicted octanol–water partition coefficient (Wildman–Crippen LogP) is 4.44. The highest BCUT2D eigenvalue weighted by Crippen LogP contribution is 2.37. The number of halogens is 1. The molecule has 0 aliphatic heterocycles. The van der Waals surface area contributed by atoms with Crippen molar-refractivity contribution in [1.82, 2.24) is 9.55 Å². The topological polar surface area (TPSA) is 48.6 Å². The maximum Gasteiger partial charge on any atom is 0.196 e. The van der Waals surface area contributed by atoms with Gasteiger partial charge in [0.15, 0.2) is 24.1 Å². The van der Waals surface area contributed by atoms with Crippen LogP contribution in [0.2, 0.25) is 18.1 Å². The second kappa shape index (κ2) is 7.90. The van der Waals surface area contributed by atoms with Gasteiger partial charge in [-0.05, 0) is 30.3 Å². The Morgan fingerprint density at radius 2 is 2.04 bits per heavy atom. The van der Waals surface area contributed by atoms with E-state index in [0.29, 0.717) is 17.2 Å². The molecule has 138 valence electrons. The average Bonchev–Trinajstić information content (AvgIpc) is 2.84. The quantitative estimate of drug-likeness (QED) is 0.693. The lowest BCUT2D eigenvalue weighted by Crippen LogP contribution is -2.40. The molecule has 5 nitrogen and oxygen atoms in total. The van der Waals surface area contributed by atoms with E-state index in [4.69, 9.17) is 9.16 Å². The Hall–Kier alpha value is -1.35. The molecule has 0 saturated carbocycles. The fraction of sp³-hybridized carbons (Fsp3) is 0.529. The smallest absolute Gasteiger partial charge is 0.196 e. The molecule has 0 N–H and O–H groups in total. The molecule has 25 heavy (non-hydrogen) atoms. The van der Waals surface area contributed by atoms with Gasteiger partial charge >= 0.3 is 0 Å². The van der Waals surface area contributed by atoms with Crippen LogP contribution in [-0.4, -0.2) is 25.0 Å². The van der Waals surface area contributed by atoms with E-state index >= 15 is 0 Å². The van der Waals surface area contributed by atoms with Crippen LogP contribution < -0.4 is 4.80 Å². The molecule has 0 aliphatic carbocycles. The first-order valence-electron chi connectivity index (χ1n) is 8.12. The number of aromatic nitrogens is 2. The summed E-state index contributed by atoms with van der Waals surface area (Å²) in [4.78, 5) is 9.47. The Morgan fingerprint density at radius 3 is 2.68 bits per heavy atom. The van der Waals surface area contributed by atoms with E-state index < -0.39 is 8.32 Å². The molecule has 0 unspecified atom stereocenters. The summed E-state index contributed by atoms with van der Waals surface area (Å²) >= 11 is 0.961. The van der Waals surface area contributed by atoms with Crippen LogP contribution in [-0.2, 0) is 22.5 Å². The highest BCUT2D eigenvalue weighted by Gasteiger charge is 2.37. The van der Waals surface area contributed by atoms with Gasteiger partial charge in [0.1, 0.15) is 6.73 Å². The van der Waals surface area contributed by atoms with Gasteiger partial charge in [-0.1, -0.05) is 38.2 Å². The van der Waals surface area contributed by atoms with E-state index in [0.717, 1.165) is 17.0 Å². The van der Waals surface area contributed by atoms with Crippen molar-refractivity contribution in [3.63, 3.8) is 0 Å². The van der Waals surface area contributed by atoms with E-state index in [1.165, 1.54) is 6.20 Å². The molecule has 0 fully saturated rings. The van der Waals surface area contributed by atoms with Gasteiger partial charge in [-0.3, -0.25) is 4.57 Å². The second-order valence-corrected chi connectivity index (χ2v) is 13.1. The molecule has 0 amide bonds. The third-order valence-corrected chi connectivity index (χ3v) is 9.64. The number of pyridine rings is 1. The van der Waals surface area contributed by atoms with E-state index in [2.05, 4.69) is 43.8 Å². The number of hydrogen-bond donors (Lipinski definition) is 0. The predicted molar refractivity (Wildman–Crippen MR) is 101 cm³/mol. The van der Waals surface area contributed by atoms with Crippen molar-refractivity contribution in [1.29, 1.82) is 0 Å². The molecule has 0 aromatic carbocycles. The van der Waals surface area contributed by atoms with Gasteiger partial charge in [-0.25, -0.2) is 9.98 Å². The zero-order chi connectivity index (χ0) is 18.7. The van der Waals surface area contributed by atoms with Crippen molar-refractivity contribution in [2.45, 2.75) is 52.2 Å². The molecule has 0 bridgehead atoms. The minimum absolute atomic E-state index is 0.148. The molecule has 0 saturated heterocycles. The van der Waals surface area contributed by atoms with Crippen LogP contribution in [0.3, 0.4) is 0 Å². The van der Waals surface area contributed by atoms with E-state index in [9.17, 15) is 4.39 Å². The summed E-state index contributed by atoms with van der Waals surface area (Å²) in [5.41, 5.74) is 0.821. The van der Waals surface area contributed by atoms with Crippen molar-refractivity contribution < 1.29 is 13.6 Å². The van der Waals surface area contributed by atoms with Crippen molar-refractivity contribution in [3.8, 4) is 0 Å². The van der Waals surface area contributed by atoms with E-state index in [1.807, 2.05) is 12.1 Å². The van der Waals surface area contributed by atoms with Crippen molar-refractivity contribution >= 4 is 25.5 Å². The maximum absolute atomic E-state index is 13.5. The Labute approximate surface area is 153 Å². The van der Waals surface area contributed by atoms with Gasteiger partial charge in [-0.2, -0.15) is 4.39 Å². The standard InChI is InChI=1S/C17H26FN3O2SSi/c1-17(2,3)25(5,6)23-11-13-8-7-9-15(19-13)20-16-21(12-22-4)10-14(18)24-16/h7-10H,11-12H2,1-6H3/b20-16-. The zero-order valence-corrected chi connectivity index (χ0v) is 17.5. The van der Waals surface area contributed by atoms with Gasteiger partial charge in [0.2, 0.25) is 0 Å². The van der Waals surface area contributed by atoms with Crippen LogP contribution in [0, 0.1) is 5.13 Å². The molecule has 2 heterocycles. The number of ether oxygens (including phenoxy) is 1. The maximum atomic E-state index is 13.5. The SMILES string of the molecule is COCn1cc(F)s/c1=N\c1cccc(CO[Si](C)(C)C(C)(C)C)n1. The van der Waals surface area contributed by atoms with Gasteiger partial charge in [0.25, 0.3) is 0 Å². The molecular formula is C17H26FN3O2SSi. The third-order valence-electron chi connectivity index (χ3n) is 4.35. The molecule has 0 aliphatic rings. The minimum atomic E-state index is -1.83. The Bertz CT molecular complexity index is 781. The molecule has 0 spiro atoms. The first kappa shape index (κ1) is 20.0. The molecule has 2 aromatic rings. The minimum Gasteiger partial charge on any atom is -0.411 e. The molecule has 0 atom stereocenters. The Kier molecular flexibility index (Phi) is 6.31. The summed E-state index contributed by atoms with van der Waals surface area (Å²) in [7, 11) is -0.275. The molecule has 2 rings (SSSR count). The zero-order valence-electron chi connectivity index (χ0n) is 15.7. The molecule has 2 aromatic heterocycles. The number of thiazole rings is 1.